The molecule has 172 valence electrons. The quantitative estimate of drug-likeness (QED) is 0.425. The highest BCUT2D eigenvalue weighted by Gasteiger charge is 2.23. The monoisotopic (exact) mass is 470 g/mol. The normalized spacial score (nSPS) is 15.3. The summed E-state index contributed by atoms with van der Waals surface area (Å²) in [7, 11) is 0. The molecule has 6 nitrogen and oxygen atoms in total. The van der Waals surface area contributed by atoms with Crippen LogP contribution in [0, 0.1) is 0 Å². The molecular weight excluding hydrogens is 444 g/mol. The van der Waals surface area contributed by atoms with Gasteiger partial charge < -0.3 is 9.45 Å². The first-order valence-corrected chi connectivity index (χ1v) is 12.5. The Morgan fingerprint density at radius 3 is 2.38 bits per heavy atom. The summed E-state index contributed by atoms with van der Waals surface area (Å²) in [6.07, 6.45) is 1.72. The maximum absolute atomic E-state index is 13.0. The summed E-state index contributed by atoms with van der Waals surface area (Å²) >= 11 is -1.46. The Balaban J connectivity index is 1.19. The van der Waals surface area contributed by atoms with E-state index in [1.165, 1.54) is 5.56 Å². The molecule has 1 aromatic heterocycles. The molecule has 1 N–H and O–H groups in total. The van der Waals surface area contributed by atoms with Crippen LogP contribution in [0.5, 0.6) is 0 Å². The number of aromatic nitrogens is 1. The van der Waals surface area contributed by atoms with Gasteiger partial charge in [-0.15, -0.1) is 0 Å². The van der Waals surface area contributed by atoms with E-state index in [4.69, 9.17) is 0 Å². The van der Waals surface area contributed by atoms with Gasteiger partial charge in [0, 0.05) is 49.9 Å². The Hall–Kier alpha value is -3.39. The molecule has 1 fully saturated rings. The number of amides is 1. The minimum atomic E-state index is -1.46. The summed E-state index contributed by atoms with van der Waals surface area (Å²) in [6.45, 7) is 4.02. The molecule has 1 atom stereocenters. The smallest absolute Gasteiger partial charge is 0.253 e. The molecule has 1 amide bonds. The Labute approximate surface area is 202 Å². The minimum absolute atomic E-state index is 0.0166. The largest absolute Gasteiger partial charge is 0.588 e. The second-order valence-corrected chi connectivity index (χ2v) is 9.54. The Bertz CT molecular complexity index is 1250. The molecule has 4 aromatic rings. The van der Waals surface area contributed by atoms with E-state index in [-0.39, 0.29) is 5.91 Å². The van der Waals surface area contributed by atoms with Crippen LogP contribution >= 0.6 is 0 Å². The van der Waals surface area contributed by atoms with Crippen molar-refractivity contribution in [2.24, 2.45) is 0 Å². The van der Waals surface area contributed by atoms with Crippen LogP contribution in [0.25, 0.3) is 10.9 Å². The second kappa shape index (κ2) is 10.3. The number of fused-ring (bicyclic) bond motifs is 1. The zero-order valence-electron chi connectivity index (χ0n) is 18.8. The van der Waals surface area contributed by atoms with E-state index in [2.05, 4.69) is 38.9 Å². The molecule has 7 heteroatoms. The molecule has 1 aliphatic rings. The van der Waals surface area contributed by atoms with Crippen molar-refractivity contribution in [1.29, 1.82) is 0 Å². The van der Waals surface area contributed by atoms with Gasteiger partial charge in [0.1, 0.15) is 17.0 Å². The topological polar surface area (TPSA) is 71.5 Å². The SMILES string of the molecule is O=C(c1ccc([S+]([O-])Nc2cccc3cccnc23)cc1)N1CCN(Cc2ccccc2)CC1. The summed E-state index contributed by atoms with van der Waals surface area (Å²) in [5.41, 5.74) is 3.39. The van der Waals surface area contributed by atoms with Crippen LogP contribution < -0.4 is 4.72 Å². The molecule has 3 aromatic carbocycles. The lowest BCUT2D eigenvalue weighted by Crippen LogP contribution is -2.48. The van der Waals surface area contributed by atoms with Crippen LogP contribution in [0.1, 0.15) is 15.9 Å². The van der Waals surface area contributed by atoms with Crippen molar-refractivity contribution in [2.45, 2.75) is 11.4 Å². The first-order valence-electron chi connectivity index (χ1n) is 11.4. The third-order valence-corrected chi connectivity index (χ3v) is 7.16. The molecule has 34 heavy (non-hydrogen) atoms. The molecule has 0 spiro atoms. The lowest BCUT2D eigenvalue weighted by atomic mass is 10.1. The molecular formula is C27H26N4O2S. The van der Waals surface area contributed by atoms with Gasteiger partial charge in [-0.25, -0.2) is 4.72 Å². The predicted molar refractivity (Wildman–Crippen MR) is 136 cm³/mol. The number of rotatable bonds is 6. The molecule has 1 unspecified atom stereocenters. The summed E-state index contributed by atoms with van der Waals surface area (Å²) in [4.78, 5) is 22.3. The third kappa shape index (κ3) is 5.07. The van der Waals surface area contributed by atoms with Crippen LogP contribution in [0.2, 0.25) is 0 Å². The van der Waals surface area contributed by atoms with Gasteiger partial charge in [0.25, 0.3) is 5.91 Å². The van der Waals surface area contributed by atoms with E-state index in [9.17, 15) is 9.35 Å². The molecule has 1 aliphatic heterocycles. The highest BCUT2D eigenvalue weighted by molar-refractivity contribution is 7.92. The van der Waals surface area contributed by atoms with E-state index in [1.54, 1.807) is 30.5 Å². The van der Waals surface area contributed by atoms with E-state index in [0.717, 1.165) is 30.5 Å². The van der Waals surface area contributed by atoms with Gasteiger partial charge in [0.15, 0.2) is 4.90 Å². The van der Waals surface area contributed by atoms with Crippen molar-refractivity contribution >= 4 is 33.9 Å². The molecule has 2 heterocycles. The van der Waals surface area contributed by atoms with Gasteiger partial charge in [-0.2, -0.15) is 0 Å². The van der Waals surface area contributed by atoms with Crippen LogP contribution in [-0.2, 0) is 17.9 Å². The standard InChI is InChI=1S/C27H26N4O2S/c32-27(31-18-16-30(17-19-31)20-21-6-2-1-3-7-21)23-11-13-24(14-12-23)34(33)29-25-10-4-8-22-9-5-15-28-26(22)25/h1-15,29H,16-20H2. The van der Waals surface area contributed by atoms with Crippen molar-refractivity contribution < 1.29 is 9.35 Å². The molecule has 0 bridgehead atoms. The van der Waals surface area contributed by atoms with Gasteiger partial charge in [-0.3, -0.25) is 14.7 Å². The number of carbonyl (C=O) groups is 1. The first kappa shape index (κ1) is 22.4. The van der Waals surface area contributed by atoms with E-state index < -0.39 is 11.4 Å². The zero-order valence-corrected chi connectivity index (χ0v) is 19.6. The Morgan fingerprint density at radius 1 is 0.882 bits per heavy atom. The second-order valence-electron chi connectivity index (χ2n) is 8.33. The number of pyridine rings is 1. The van der Waals surface area contributed by atoms with Crippen molar-refractivity contribution in [1.82, 2.24) is 14.8 Å². The summed E-state index contributed by atoms with van der Waals surface area (Å²) in [6, 6.07) is 27.0. The fourth-order valence-electron chi connectivity index (χ4n) is 4.20. The van der Waals surface area contributed by atoms with Crippen LogP contribution in [-0.4, -0.2) is 51.4 Å². The minimum Gasteiger partial charge on any atom is -0.588 e. The fourth-order valence-corrected chi connectivity index (χ4v) is 5.07. The average molecular weight is 471 g/mol. The number of carbonyl (C=O) groups excluding carboxylic acids is 1. The Kier molecular flexibility index (Phi) is 6.76. The highest BCUT2D eigenvalue weighted by atomic mass is 32.2. The molecule has 0 saturated carbocycles. The fraction of sp³-hybridized carbons (Fsp3) is 0.185. The Morgan fingerprint density at radius 2 is 1.62 bits per heavy atom. The third-order valence-electron chi connectivity index (χ3n) is 6.06. The van der Waals surface area contributed by atoms with E-state index in [0.29, 0.717) is 29.2 Å². The number of piperazine rings is 1. The van der Waals surface area contributed by atoms with Crippen LogP contribution in [0.15, 0.2) is 96.0 Å². The predicted octanol–water partition coefficient (Wildman–Crippen LogP) is 4.33. The van der Waals surface area contributed by atoms with Gasteiger partial charge in [-0.1, -0.05) is 48.5 Å². The summed E-state index contributed by atoms with van der Waals surface area (Å²) < 4.78 is 15.9. The number of nitrogens with zero attached hydrogens (tertiary/aromatic N) is 3. The van der Waals surface area contributed by atoms with Crippen molar-refractivity contribution in [3.63, 3.8) is 0 Å². The van der Waals surface area contributed by atoms with E-state index >= 15 is 0 Å². The van der Waals surface area contributed by atoms with Crippen molar-refractivity contribution in [3.8, 4) is 0 Å². The summed E-state index contributed by atoms with van der Waals surface area (Å²) in [5, 5.41) is 0.981. The number of hydrogen-bond acceptors (Lipinski definition) is 5. The lowest BCUT2D eigenvalue weighted by molar-refractivity contribution is 0.0628. The molecule has 5 rings (SSSR count). The van der Waals surface area contributed by atoms with Crippen LogP contribution in [0.3, 0.4) is 0 Å². The van der Waals surface area contributed by atoms with Crippen LogP contribution in [0.4, 0.5) is 5.69 Å². The maximum atomic E-state index is 13.0. The molecule has 1 saturated heterocycles. The van der Waals surface area contributed by atoms with Crippen molar-refractivity contribution in [2.75, 3.05) is 30.9 Å². The van der Waals surface area contributed by atoms with Gasteiger partial charge in [0.05, 0.1) is 5.52 Å². The number of nitrogens with one attached hydrogen (secondary N) is 1. The molecule has 0 radical (unpaired) electrons. The average Bonchev–Trinajstić information content (AvgIpc) is 2.90. The van der Waals surface area contributed by atoms with Gasteiger partial charge in [-0.05, 0) is 42.0 Å². The highest BCUT2D eigenvalue weighted by Crippen LogP contribution is 2.24. The maximum Gasteiger partial charge on any atom is 0.253 e. The lowest BCUT2D eigenvalue weighted by Gasteiger charge is -2.34. The van der Waals surface area contributed by atoms with Gasteiger partial charge in [0.2, 0.25) is 0 Å². The summed E-state index contributed by atoms with van der Waals surface area (Å²) in [5.74, 6) is 0.0166. The number of para-hydroxylation sites is 1. The number of benzene rings is 3. The number of anilines is 1. The van der Waals surface area contributed by atoms with E-state index in [1.807, 2.05) is 41.3 Å². The first-order chi connectivity index (χ1) is 16.7. The zero-order chi connectivity index (χ0) is 23.3. The van der Waals surface area contributed by atoms with Gasteiger partial charge >= 0.3 is 0 Å². The van der Waals surface area contributed by atoms with Crippen molar-refractivity contribution in [3.05, 3.63) is 102 Å². The molecule has 0 aliphatic carbocycles. The number of hydrogen-bond donors (Lipinski definition) is 1.